The smallest absolute Gasteiger partial charge is 0.120 e. The van der Waals surface area contributed by atoms with Crippen LogP contribution in [0.15, 0.2) is 24.3 Å². The van der Waals surface area contributed by atoms with E-state index in [0.717, 1.165) is 6.54 Å². The number of aliphatic hydroxyl groups is 1. The van der Waals surface area contributed by atoms with Gasteiger partial charge in [0.05, 0.1) is 0 Å². The lowest BCUT2D eigenvalue weighted by atomic mass is 10.0. The molecule has 0 amide bonds. The topological polar surface area (TPSA) is 41.5 Å². The number of hydrogen-bond donors (Lipinski definition) is 2. The fourth-order valence-corrected chi connectivity index (χ4v) is 2.71. The number of aliphatic hydroxyl groups excluding tert-OH is 1. The van der Waals surface area contributed by atoms with E-state index in [9.17, 15) is 5.11 Å². The van der Waals surface area contributed by atoms with Gasteiger partial charge in [0.1, 0.15) is 18.5 Å². The van der Waals surface area contributed by atoms with Crippen molar-refractivity contribution < 1.29 is 9.84 Å². The molecule has 1 atom stereocenters. The van der Waals surface area contributed by atoms with Crippen LogP contribution in [0.1, 0.15) is 32.6 Å². The third kappa shape index (κ3) is 4.97. The largest absolute Gasteiger partial charge is 0.491 e. The molecular weight excluding hydrogens is 274 g/mol. The summed E-state index contributed by atoms with van der Waals surface area (Å²) in [5.74, 6) is 0.696. The Morgan fingerprint density at radius 1 is 1.45 bits per heavy atom. The van der Waals surface area contributed by atoms with Gasteiger partial charge in [-0.25, -0.2) is 0 Å². The summed E-state index contributed by atoms with van der Waals surface area (Å²) in [5, 5.41) is 13.9. The maximum atomic E-state index is 9.91. The minimum Gasteiger partial charge on any atom is -0.491 e. The van der Waals surface area contributed by atoms with Crippen LogP contribution < -0.4 is 10.1 Å². The second kappa shape index (κ2) is 7.30. The molecule has 0 spiro atoms. The van der Waals surface area contributed by atoms with Crippen molar-refractivity contribution >= 4 is 11.6 Å². The number of nitrogens with one attached hydrogen (secondary N) is 1. The zero-order valence-corrected chi connectivity index (χ0v) is 12.8. The first-order valence-electron chi connectivity index (χ1n) is 7.41. The first-order valence-corrected chi connectivity index (χ1v) is 7.78. The molecular formula is C16H24ClNO2. The maximum absolute atomic E-state index is 9.91. The van der Waals surface area contributed by atoms with Gasteiger partial charge < -0.3 is 15.2 Å². The standard InChI is InChI=1S/C16H24ClNO2/c1-2-6-16(7-8-16)12-18-10-14(19)11-20-15-5-3-4-13(17)9-15/h3-5,9,14,18-19H,2,6-8,10-12H2,1H3. The average molecular weight is 298 g/mol. The average Bonchev–Trinajstić information content (AvgIpc) is 3.17. The predicted octanol–water partition coefficient (Wildman–Crippen LogP) is 3.25. The summed E-state index contributed by atoms with van der Waals surface area (Å²) >= 11 is 5.88. The zero-order chi connectivity index (χ0) is 14.4. The number of ether oxygens (including phenoxy) is 1. The van der Waals surface area contributed by atoms with Crippen LogP contribution in [0.3, 0.4) is 0 Å². The van der Waals surface area contributed by atoms with Crippen LogP contribution in [-0.4, -0.2) is 30.9 Å². The maximum Gasteiger partial charge on any atom is 0.120 e. The molecule has 2 rings (SSSR count). The lowest BCUT2D eigenvalue weighted by Gasteiger charge is -2.17. The summed E-state index contributed by atoms with van der Waals surface area (Å²) in [5.41, 5.74) is 0.516. The number of halogens is 1. The highest BCUT2D eigenvalue weighted by Crippen LogP contribution is 2.48. The van der Waals surface area contributed by atoms with E-state index in [-0.39, 0.29) is 6.61 Å². The van der Waals surface area contributed by atoms with Gasteiger partial charge in [0.25, 0.3) is 0 Å². The van der Waals surface area contributed by atoms with E-state index in [1.54, 1.807) is 12.1 Å². The summed E-state index contributed by atoms with van der Waals surface area (Å²) in [7, 11) is 0. The van der Waals surface area contributed by atoms with Gasteiger partial charge in [0.15, 0.2) is 0 Å². The number of rotatable bonds is 9. The molecule has 0 bridgehead atoms. The van der Waals surface area contributed by atoms with Gasteiger partial charge in [-0.05, 0) is 42.9 Å². The molecule has 0 saturated heterocycles. The van der Waals surface area contributed by atoms with Gasteiger partial charge in [0, 0.05) is 18.1 Å². The Morgan fingerprint density at radius 2 is 2.25 bits per heavy atom. The number of benzene rings is 1. The van der Waals surface area contributed by atoms with Crippen LogP contribution in [0, 0.1) is 5.41 Å². The number of hydrogen-bond acceptors (Lipinski definition) is 3. The first kappa shape index (κ1) is 15.6. The molecule has 1 aliphatic rings. The lowest BCUT2D eigenvalue weighted by Crippen LogP contribution is -2.34. The third-order valence-electron chi connectivity index (χ3n) is 3.86. The Morgan fingerprint density at radius 3 is 2.90 bits per heavy atom. The highest BCUT2D eigenvalue weighted by molar-refractivity contribution is 6.30. The third-order valence-corrected chi connectivity index (χ3v) is 4.09. The molecule has 1 unspecified atom stereocenters. The Labute approximate surface area is 126 Å². The van der Waals surface area contributed by atoms with Gasteiger partial charge in [-0.15, -0.1) is 0 Å². The summed E-state index contributed by atoms with van der Waals surface area (Å²) in [6.07, 6.45) is 4.68. The lowest BCUT2D eigenvalue weighted by molar-refractivity contribution is 0.105. The summed E-state index contributed by atoms with van der Waals surface area (Å²) in [4.78, 5) is 0. The van der Waals surface area contributed by atoms with Crippen molar-refractivity contribution in [2.24, 2.45) is 5.41 Å². The monoisotopic (exact) mass is 297 g/mol. The molecule has 20 heavy (non-hydrogen) atoms. The van der Waals surface area contributed by atoms with Crippen LogP contribution in [0.2, 0.25) is 5.02 Å². The van der Waals surface area contributed by atoms with Crippen LogP contribution in [0.4, 0.5) is 0 Å². The summed E-state index contributed by atoms with van der Waals surface area (Å²) in [6, 6.07) is 7.23. The fourth-order valence-electron chi connectivity index (χ4n) is 2.53. The van der Waals surface area contributed by atoms with Gasteiger partial charge in [-0.2, -0.15) is 0 Å². The molecule has 112 valence electrons. The van der Waals surface area contributed by atoms with Gasteiger partial charge in [0.2, 0.25) is 0 Å². The van der Waals surface area contributed by atoms with Crippen LogP contribution in [0.25, 0.3) is 0 Å². The van der Waals surface area contributed by atoms with Gasteiger partial charge in [-0.3, -0.25) is 0 Å². The molecule has 2 N–H and O–H groups in total. The van der Waals surface area contributed by atoms with Crippen molar-refractivity contribution in [3.8, 4) is 5.75 Å². The molecule has 0 radical (unpaired) electrons. The van der Waals surface area contributed by atoms with Gasteiger partial charge >= 0.3 is 0 Å². The van der Waals surface area contributed by atoms with E-state index >= 15 is 0 Å². The normalized spacial score (nSPS) is 17.8. The van der Waals surface area contributed by atoms with Crippen LogP contribution in [-0.2, 0) is 0 Å². The predicted molar refractivity (Wildman–Crippen MR) is 82.4 cm³/mol. The molecule has 4 heteroatoms. The van der Waals surface area contributed by atoms with E-state index in [0.29, 0.717) is 22.7 Å². The molecule has 3 nitrogen and oxygen atoms in total. The highest BCUT2D eigenvalue weighted by atomic mass is 35.5. The van der Waals surface area contributed by atoms with Crippen molar-refractivity contribution in [1.82, 2.24) is 5.32 Å². The van der Waals surface area contributed by atoms with Crippen molar-refractivity contribution in [2.45, 2.75) is 38.7 Å². The quantitative estimate of drug-likeness (QED) is 0.735. The Balaban J connectivity index is 1.62. The van der Waals surface area contributed by atoms with Crippen molar-refractivity contribution in [1.29, 1.82) is 0 Å². The Bertz CT molecular complexity index is 421. The minimum atomic E-state index is -0.494. The summed E-state index contributed by atoms with van der Waals surface area (Å²) in [6.45, 7) is 4.10. The molecule has 1 aliphatic carbocycles. The van der Waals surface area contributed by atoms with E-state index in [4.69, 9.17) is 16.3 Å². The van der Waals surface area contributed by atoms with Crippen LogP contribution in [0.5, 0.6) is 5.75 Å². The fraction of sp³-hybridized carbons (Fsp3) is 0.625. The molecule has 1 aromatic rings. The van der Waals surface area contributed by atoms with E-state index in [1.807, 2.05) is 12.1 Å². The highest BCUT2D eigenvalue weighted by Gasteiger charge is 2.40. The second-order valence-electron chi connectivity index (χ2n) is 5.80. The SMILES string of the molecule is CCCC1(CNCC(O)COc2cccc(Cl)c2)CC1. The zero-order valence-electron chi connectivity index (χ0n) is 12.1. The summed E-state index contributed by atoms with van der Waals surface area (Å²) < 4.78 is 5.52. The van der Waals surface area contributed by atoms with E-state index < -0.39 is 6.10 Å². The first-order chi connectivity index (χ1) is 9.63. The molecule has 1 saturated carbocycles. The van der Waals surface area contributed by atoms with Gasteiger partial charge in [-0.1, -0.05) is 31.0 Å². The van der Waals surface area contributed by atoms with E-state index in [2.05, 4.69) is 12.2 Å². The molecule has 0 aromatic heterocycles. The van der Waals surface area contributed by atoms with Crippen LogP contribution >= 0.6 is 11.6 Å². The Kier molecular flexibility index (Phi) is 5.70. The van der Waals surface area contributed by atoms with Crippen molar-refractivity contribution in [2.75, 3.05) is 19.7 Å². The Hall–Kier alpha value is -0.770. The van der Waals surface area contributed by atoms with E-state index in [1.165, 1.54) is 25.7 Å². The molecule has 0 aliphatic heterocycles. The molecule has 0 heterocycles. The minimum absolute atomic E-state index is 0.286. The molecule has 1 aromatic carbocycles. The van der Waals surface area contributed by atoms with Crippen molar-refractivity contribution in [3.05, 3.63) is 29.3 Å². The molecule has 1 fully saturated rings. The second-order valence-corrected chi connectivity index (χ2v) is 6.24. The van der Waals surface area contributed by atoms with Crippen molar-refractivity contribution in [3.63, 3.8) is 0 Å².